The summed E-state index contributed by atoms with van der Waals surface area (Å²) in [5.41, 5.74) is 0. The van der Waals surface area contributed by atoms with Gasteiger partial charge in [0.05, 0.1) is 0 Å². The smallest absolute Gasteiger partial charge is 0.201 e. The van der Waals surface area contributed by atoms with Crippen LogP contribution in [0.5, 0.6) is 0 Å². The van der Waals surface area contributed by atoms with Gasteiger partial charge in [0.25, 0.3) is 10.2 Å². The lowest BCUT2D eigenvalue weighted by molar-refractivity contribution is 0.278. The standard InChI is InChI=1S/C14H22N2O2S2/c1-13-6-5-10-16(12-13)20(17,18)15-9-11-19-14-7-3-2-4-8-14/h2-4,7-8,13,15H,5-6,9-12H2,1H3/t13-/m0/s1. The second-order valence-corrected chi connectivity index (χ2v) is 8.09. The maximum Gasteiger partial charge on any atom is 0.279 e. The number of thioether (sulfide) groups is 1. The molecule has 20 heavy (non-hydrogen) atoms. The van der Waals surface area contributed by atoms with E-state index in [0.717, 1.165) is 18.6 Å². The van der Waals surface area contributed by atoms with Gasteiger partial charge in [-0.05, 0) is 30.9 Å². The molecule has 1 heterocycles. The van der Waals surface area contributed by atoms with Crippen LogP contribution in [0, 0.1) is 5.92 Å². The molecule has 0 bridgehead atoms. The minimum absolute atomic E-state index is 0.457. The van der Waals surface area contributed by atoms with Crippen molar-refractivity contribution in [3.05, 3.63) is 30.3 Å². The van der Waals surface area contributed by atoms with E-state index in [-0.39, 0.29) is 0 Å². The lowest BCUT2D eigenvalue weighted by Crippen LogP contribution is -2.46. The van der Waals surface area contributed by atoms with Gasteiger partial charge in [0.1, 0.15) is 0 Å². The van der Waals surface area contributed by atoms with Gasteiger partial charge in [-0.25, -0.2) is 4.72 Å². The Hall–Kier alpha value is -0.560. The molecule has 1 N–H and O–H groups in total. The Kier molecular flexibility index (Phi) is 5.89. The fourth-order valence-corrected chi connectivity index (χ4v) is 4.59. The van der Waals surface area contributed by atoms with E-state index in [0.29, 0.717) is 25.6 Å². The van der Waals surface area contributed by atoms with Crippen LogP contribution in [0.4, 0.5) is 0 Å². The molecule has 0 radical (unpaired) electrons. The monoisotopic (exact) mass is 314 g/mol. The molecular weight excluding hydrogens is 292 g/mol. The molecule has 4 nitrogen and oxygen atoms in total. The van der Waals surface area contributed by atoms with Crippen molar-refractivity contribution in [3.8, 4) is 0 Å². The van der Waals surface area contributed by atoms with E-state index in [1.54, 1.807) is 16.1 Å². The number of hydrogen-bond acceptors (Lipinski definition) is 3. The molecule has 2 rings (SSSR count). The first-order valence-electron chi connectivity index (χ1n) is 7.00. The summed E-state index contributed by atoms with van der Waals surface area (Å²) < 4.78 is 28.6. The van der Waals surface area contributed by atoms with E-state index in [2.05, 4.69) is 11.6 Å². The number of nitrogens with one attached hydrogen (secondary N) is 1. The third-order valence-electron chi connectivity index (χ3n) is 3.36. The fourth-order valence-electron chi connectivity index (χ4n) is 2.31. The molecule has 1 saturated heterocycles. The minimum Gasteiger partial charge on any atom is -0.201 e. The maximum absolute atomic E-state index is 12.1. The maximum atomic E-state index is 12.1. The molecule has 0 aliphatic carbocycles. The molecule has 1 aromatic rings. The highest BCUT2D eigenvalue weighted by atomic mass is 32.2. The summed E-state index contributed by atoms with van der Waals surface area (Å²) in [4.78, 5) is 1.17. The zero-order valence-electron chi connectivity index (χ0n) is 11.8. The van der Waals surface area contributed by atoms with Gasteiger partial charge < -0.3 is 0 Å². The summed E-state index contributed by atoms with van der Waals surface area (Å²) in [6.45, 7) is 3.85. The van der Waals surface area contributed by atoms with Crippen molar-refractivity contribution in [2.45, 2.75) is 24.7 Å². The molecule has 1 atom stereocenters. The molecule has 0 saturated carbocycles. The van der Waals surface area contributed by atoms with Crippen LogP contribution in [0.2, 0.25) is 0 Å². The largest absolute Gasteiger partial charge is 0.279 e. The summed E-state index contributed by atoms with van der Waals surface area (Å²) in [6.07, 6.45) is 2.08. The summed E-state index contributed by atoms with van der Waals surface area (Å²) in [7, 11) is -3.30. The normalized spacial score (nSPS) is 20.9. The van der Waals surface area contributed by atoms with Gasteiger partial charge in [-0.15, -0.1) is 11.8 Å². The average molecular weight is 314 g/mol. The van der Waals surface area contributed by atoms with Crippen molar-refractivity contribution in [2.75, 3.05) is 25.4 Å². The zero-order chi connectivity index (χ0) is 14.4. The van der Waals surface area contributed by atoms with Crippen LogP contribution in [-0.2, 0) is 10.2 Å². The first-order chi connectivity index (χ1) is 9.58. The quantitative estimate of drug-likeness (QED) is 0.648. The molecule has 1 aliphatic heterocycles. The summed E-state index contributed by atoms with van der Waals surface area (Å²) in [5.74, 6) is 1.20. The third kappa shape index (κ3) is 4.77. The zero-order valence-corrected chi connectivity index (χ0v) is 13.4. The fraction of sp³-hybridized carbons (Fsp3) is 0.571. The molecule has 1 fully saturated rings. The van der Waals surface area contributed by atoms with Crippen LogP contribution in [-0.4, -0.2) is 38.1 Å². The molecule has 0 aromatic heterocycles. The van der Waals surface area contributed by atoms with Crippen LogP contribution in [0.3, 0.4) is 0 Å². The van der Waals surface area contributed by atoms with Gasteiger partial charge in [-0.2, -0.15) is 12.7 Å². The molecular formula is C14H22N2O2S2. The highest BCUT2D eigenvalue weighted by Crippen LogP contribution is 2.18. The summed E-state index contributed by atoms with van der Waals surface area (Å²) in [6, 6.07) is 10.0. The first-order valence-corrected chi connectivity index (χ1v) is 9.43. The molecule has 0 unspecified atom stereocenters. The van der Waals surface area contributed by atoms with Crippen molar-refractivity contribution < 1.29 is 8.42 Å². The van der Waals surface area contributed by atoms with Crippen molar-refractivity contribution in [3.63, 3.8) is 0 Å². The first kappa shape index (κ1) is 15.8. The Balaban J connectivity index is 1.75. The van der Waals surface area contributed by atoms with Crippen molar-refractivity contribution in [1.29, 1.82) is 0 Å². The summed E-state index contributed by atoms with van der Waals surface area (Å²) >= 11 is 1.66. The van der Waals surface area contributed by atoms with Gasteiger partial charge in [-0.3, -0.25) is 0 Å². The lowest BCUT2D eigenvalue weighted by atomic mass is 10.0. The molecule has 1 aliphatic rings. The van der Waals surface area contributed by atoms with Gasteiger partial charge in [-0.1, -0.05) is 25.1 Å². The second kappa shape index (κ2) is 7.45. The predicted octanol–water partition coefficient (Wildman–Crippen LogP) is 2.35. The van der Waals surface area contributed by atoms with Crippen molar-refractivity contribution in [2.24, 2.45) is 5.92 Å². The minimum atomic E-state index is -3.30. The van der Waals surface area contributed by atoms with E-state index in [4.69, 9.17) is 0 Å². The highest BCUT2D eigenvalue weighted by molar-refractivity contribution is 7.99. The highest BCUT2D eigenvalue weighted by Gasteiger charge is 2.26. The van der Waals surface area contributed by atoms with E-state index in [1.807, 2.05) is 30.3 Å². The number of piperidine rings is 1. The second-order valence-electron chi connectivity index (χ2n) is 5.17. The van der Waals surface area contributed by atoms with E-state index in [9.17, 15) is 8.42 Å². The van der Waals surface area contributed by atoms with E-state index >= 15 is 0 Å². The topological polar surface area (TPSA) is 49.4 Å². The van der Waals surface area contributed by atoms with Crippen LogP contribution in [0.1, 0.15) is 19.8 Å². The average Bonchev–Trinajstić information content (AvgIpc) is 2.45. The predicted molar refractivity (Wildman–Crippen MR) is 84.1 cm³/mol. The summed E-state index contributed by atoms with van der Waals surface area (Å²) in [5, 5.41) is 0. The number of rotatable bonds is 6. The number of nitrogens with zero attached hydrogens (tertiary/aromatic N) is 1. The molecule has 0 spiro atoms. The number of hydrogen-bond donors (Lipinski definition) is 1. The van der Waals surface area contributed by atoms with Gasteiger partial charge in [0, 0.05) is 30.3 Å². The Morgan fingerprint density at radius 2 is 2.10 bits per heavy atom. The Labute approximate surface area is 126 Å². The van der Waals surface area contributed by atoms with Crippen LogP contribution in [0.15, 0.2) is 35.2 Å². The molecule has 0 amide bonds. The Morgan fingerprint density at radius 1 is 1.35 bits per heavy atom. The van der Waals surface area contributed by atoms with Gasteiger partial charge in [0.2, 0.25) is 0 Å². The van der Waals surface area contributed by atoms with E-state index < -0.39 is 10.2 Å². The molecule has 112 valence electrons. The molecule has 6 heteroatoms. The molecule has 1 aromatic carbocycles. The van der Waals surface area contributed by atoms with Crippen LogP contribution >= 0.6 is 11.8 Å². The van der Waals surface area contributed by atoms with Crippen LogP contribution in [0.25, 0.3) is 0 Å². The lowest BCUT2D eigenvalue weighted by Gasteiger charge is -2.29. The Morgan fingerprint density at radius 3 is 2.80 bits per heavy atom. The van der Waals surface area contributed by atoms with E-state index in [1.165, 1.54) is 4.90 Å². The number of benzene rings is 1. The van der Waals surface area contributed by atoms with Crippen molar-refractivity contribution >= 4 is 22.0 Å². The van der Waals surface area contributed by atoms with Crippen LogP contribution < -0.4 is 4.72 Å². The Bertz CT molecular complexity index is 505. The SMILES string of the molecule is C[C@H]1CCCN(S(=O)(=O)NCCSc2ccccc2)C1. The van der Waals surface area contributed by atoms with Gasteiger partial charge >= 0.3 is 0 Å². The third-order valence-corrected chi connectivity index (χ3v) is 5.95. The van der Waals surface area contributed by atoms with Crippen molar-refractivity contribution in [1.82, 2.24) is 9.03 Å². The van der Waals surface area contributed by atoms with Gasteiger partial charge in [0.15, 0.2) is 0 Å².